The fourth-order valence-electron chi connectivity index (χ4n) is 2.11. The summed E-state index contributed by atoms with van der Waals surface area (Å²) in [6.07, 6.45) is 2.82. The number of aliphatic hydroxyl groups excluding tert-OH is 1. The zero-order valence-electron chi connectivity index (χ0n) is 8.64. The summed E-state index contributed by atoms with van der Waals surface area (Å²) in [6.45, 7) is 4.16. The number of nitrogens with two attached hydrogens (primary N) is 1. The average Bonchev–Trinajstić information content (AvgIpc) is 2.48. The van der Waals surface area contributed by atoms with Gasteiger partial charge in [0.2, 0.25) is 0 Å². The predicted octanol–water partition coefficient (Wildman–Crippen LogP) is 0.773. The Bertz CT molecular complexity index is 326. The van der Waals surface area contributed by atoms with E-state index < -0.39 is 0 Å². The lowest BCUT2D eigenvalue weighted by Crippen LogP contribution is -2.52. The molecule has 1 saturated carbocycles. The normalized spacial score (nSPS) is 31.9. The molecular formula is C10H17N3O. The molecule has 14 heavy (non-hydrogen) atoms. The minimum atomic E-state index is -0.361. The highest BCUT2D eigenvalue weighted by Gasteiger charge is 2.43. The number of rotatable bonds is 2. The smallest absolute Gasteiger partial charge is 0.0630 e. The molecule has 1 heterocycles. The van der Waals surface area contributed by atoms with Crippen molar-refractivity contribution in [3.05, 3.63) is 18.0 Å². The Hall–Kier alpha value is -0.870. The van der Waals surface area contributed by atoms with Gasteiger partial charge in [-0.2, -0.15) is 5.10 Å². The summed E-state index contributed by atoms with van der Waals surface area (Å²) >= 11 is 0. The monoisotopic (exact) mass is 195 g/mol. The van der Waals surface area contributed by atoms with E-state index in [2.05, 4.69) is 18.9 Å². The van der Waals surface area contributed by atoms with E-state index in [4.69, 9.17) is 5.73 Å². The van der Waals surface area contributed by atoms with Crippen LogP contribution in [0.5, 0.6) is 0 Å². The van der Waals surface area contributed by atoms with Gasteiger partial charge < -0.3 is 10.8 Å². The fraction of sp³-hybridized carbons (Fsp3) is 0.700. The van der Waals surface area contributed by atoms with Gasteiger partial charge in [0.25, 0.3) is 0 Å². The van der Waals surface area contributed by atoms with Crippen LogP contribution in [0.15, 0.2) is 12.3 Å². The third kappa shape index (κ3) is 1.35. The first-order valence-corrected chi connectivity index (χ1v) is 5.04. The summed E-state index contributed by atoms with van der Waals surface area (Å²) in [6, 6.07) is 2.27. The molecule has 78 valence electrons. The molecule has 4 nitrogen and oxygen atoms in total. The molecule has 1 aromatic rings. The number of hydrogen-bond donors (Lipinski definition) is 2. The minimum absolute atomic E-state index is 0.240. The van der Waals surface area contributed by atoms with Crippen LogP contribution in [-0.2, 0) is 5.54 Å². The second kappa shape index (κ2) is 3.07. The molecule has 3 N–H and O–H groups in total. The van der Waals surface area contributed by atoms with Gasteiger partial charge in [0.05, 0.1) is 17.3 Å². The Kier molecular flexibility index (Phi) is 2.12. The number of aromatic nitrogens is 2. The van der Waals surface area contributed by atoms with Crippen molar-refractivity contribution in [1.29, 1.82) is 0 Å². The Labute approximate surface area is 83.7 Å². The maximum absolute atomic E-state index is 9.30. The van der Waals surface area contributed by atoms with E-state index in [0.717, 1.165) is 5.69 Å². The first kappa shape index (κ1) is 9.68. The molecule has 0 radical (unpaired) electrons. The maximum atomic E-state index is 9.30. The third-order valence-corrected chi connectivity index (χ3v) is 2.87. The highest BCUT2D eigenvalue weighted by molar-refractivity contribution is 5.20. The molecule has 1 aromatic heterocycles. The maximum Gasteiger partial charge on any atom is 0.0630 e. The van der Waals surface area contributed by atoms with Crippen molar-refractivity contribution in [3.63, 3.8) is 0 Å². The fourth-order valence-corrected chi connectivity index (χ4v) is 2.11. The Morgan fingerprint density at radius 1 is 1.64 bits per heavy atom. The summed E-state index contributed by atoms with van der Waals surface area (Å²) < 4.78 is 1.94. The average molecular weight is 195 g/mol. The van der Waals surface area contributed by atoms with Gasteiger partial charge in [-0.1, -0.05) is 0 Å². The van der Waals surface area contributed by atoms with Gasteiger partial charge in [0, 0.05) is 12.2 Å². The molecule has 0 saturated heterocycles. The molecule has 1 aliphatic carbocycles. The summed E-state index contributed by atoms with van der Waals surface area (Å²) in [5.41, 5.74) is 6.86. The number of nitrogens with zero attached hydrogens (tertiary/aromatic N) is 2. The van der Waals surface area contributed by atoms with Crippen LogP contribution >= 0.6 is 0 Å². The van der Waals surface area contributed by atoms with Crippen LogP contribution in [0, 0.1) is 0 Å². The Morgan fingerprint density at radius 2 is 2.29 bits per heavy atom. The lowest BCUT2D eigenvalue weighted by molar-refractivity contribution is 0.0160. The Balaban J connectivity index is 2.28. The molecule has 0 bridgehead atoms. The van der Waals surface area contributed by atoms with Crippen molar-refractivity contribution in [2.24, 2.45) is 5.73 Å². The molecular weight excluding hydrogens is 178 g/mol. The second-order valence-electron chi connectivity index (χ2n) is 4.47. The molecule has 1 fully saturated rings. The molecule has 0 atom stereocenters. The molecule has 0 amide bonds. The van der Waals surface area contributed by atoms with Crippen LogP contribution in [0.2, 0.25) is 0 Å². The molecule has 1 aliphatic rings. The topological polar surface area (TPSA) is 64.1 Å². The first-order valence-electron chi connectivity index (χ1n) is 5.04. The molecule has 0 aliphatic heterocycles. The van der Waals surface area contributed by atoms with Crippen LogP contribution in [-0.4, -0.2) is 21.0 Å². The van der Waals surface area contributed by atoms with Gasteiger partial charge in [-0.3, -0.25) is 4.68 Å². The van der Waals surface area contributed by atoms with Crippen LogP contribution < -0.4 is 5.73 Å². The lowest BCUT2D eigenvalue weighted by Gasteiger charge is -2.42. The van der Waals surface area contributed by atoms with Gasteiger partial charge in [0.1, 0.15) is 0 Å². The van der Waals surface area contributed by atoms with Crippen LogP contribution in [0.1, 0.15) is 38.4 Å². The van der Waals surface area contributed by atoms with Crippen LogP contribution in [0.3, 0.4) is 0 Å². The van der Waals surface area contributed by atoms with E-state index in [0.29, 0.717) is 18.9 Å². The van der Waals surface area contributed by atoms with Gasteiger partial charge in [-0.15, -0.1) is 0 Å². The summed E-state index contributed by atoms with van der Waals surface area (Å²) in [4.78, 5) is 0. The summed E-state index contributed by atoms with van der Waals surface area (Å²) in [7, 11) is 0. The van der Waals surface area contributed by atoms with E-state index in [-0.39, 0.29) is 11.6 Å². The van der Waals surface area contributed by atoms with Gasteiger partial charge >= 0.3 is 0 Å². The van der Waals surface area contributed by atoms with E-state index >= 15 is 0 Å². The standard InChI is InChI=1S/C10H17N3O/c1-7(2)13-9(3-4-12-13)10(11)5-8(14)6-10/h3-4,7-8,14H,5-6,11H2,1-2H3. The molecule has 0 spiro atoms. The van der Waals surface area contributed by atoms with E-state index in [1.54, 1.807) is 6.20 Å². The van der Waals surface area contributed by atoms with Crippen molar-refractivity contribution >= 4 is 0 Å². The van der Waals surface area contributed by atoms with E-state index in [9.17, 15) is 5.11 Å². The minimum Gasteiger partial charge on any atom is -0.393 e. The van der Waals surface area contributed by atoms with Crippen molar-refractivity contribution in [3.8, 4) is 0 Å². The summed E-state index contributed by atoms with van der Waals surface area (Å²) in [5, 5.41) is 13.5. The number of hydrogen-bond acceptors (Lipinski definition) is 3. The second-order valence-corrected chi connectivity index (χ2v) is 4.47. The van der Waals surface area contributed by atoms with Crippen molar-refractivity contribution in [2.75, 3.05) is 0 Å². The third-order valence-electron chi connectivity index (χ3n) is 2.87. The largest absolute Gasteiger partial charge is 0.393 e. The van der Waals surface area contributed by atoms with Crippen LogP contribution in [0.4, 0.5) is 0 Å². The lowest BCUT2D eigenvalue weighted by atomic mass is 9.73. The first-order chi connectivity index (χ1) is 6.53. The Morgan fingerprint density at radius 3 is 2.79 bits per heavy atom. The highest BCUT2D eigenvalue weighted by Crippen LogP contribution is 2.39. The zero-order chi connectivity index (χ0) is 10.3. The van der Waals surface area contributed by atoms with E-state index in [1.807, 2.05) is 10.7 Å². The SMILES string of the molecule is CC(C)n1nccc1C1(N)CC(O)C1. The summed E-state index contributed by atoms with van der Waals surface area (Å²) in [5.74, 6) is 0. The zero-order valence-corrected chi connectivity index (χ0v) is 8.64. The molecule has 0 aromatic carbocycles. The number of aliphatic hydroxyl groups is 1. The van der Waals surface area contributed by atoms with Gasteiger partial charge in [0.15, 0.2) is 0 Å². The predicted molar refractivity (Wildman–Crippen MR) is 53.7 cm³/mol. The molecule has 4 heteroatoms. The highest BCUT2D eigenvalue weighted by atomic mass is 16.3. The molecule has 0 unspecified atom stereocenters. The van der Waals surface area contributed by atoms with Crippen LogP contribution in [0.25, 0.3) is 0 Å². The van der Waals surface area contributed by atoms with Crippen molar-refractivity contribution in [1.82, 2.24) is 9.78 Å². The quantitative estimate of drug-likeness (QED) is 0.732. The van der Waals surface area contributed by atoms with Gasteiger partial charge in [-0.05, 0) is 32.8 Å². The molecule has 2 rings (SSSR count). The van der Waals surface area contributed by atoms with Crippen molar-refractivity contribution < 1.29 is 5.11 Å². The van der Waals surface area contributed by atoms with Gasteiger partial charge in [-0.25, -0.2) is 0 Å². The van der Waals surface area contributed by atoms with E-state index in [1.165, 1.54) is 0 Å². The van der Waals surface area contributed by atoms with Crippen molar-refractivity contribution in [2.45, 2.75) is 44.4 Å².